The molecule has 0 radical (unpaired) electrons. The van der Waals surface area contributed by atoms with Gasteiger partial charge in [0.15, 0.2) is 6.29 Å². The van der Waals surface area contributed by atoms with Crippen molar-refractivity contribution in [3.63, 3.8) is 0 Å². The van der Waals surface area contributed by atoms with E-state index >= 15 is 0 Å². The molecule has 1 aliphatic heterocycles. The summed E-state index contributed by atoms with van der Waals surface area (Å²) in [7, 11) is 0. The molecule has 2 atom stereocenters. The first kappa shape index (κ1) is 15.6. The number of Topliss-reactive ketones (excluding diaryl/α,β-unsaturated/α-hetero) is 1. The SMILES string of the molecule is C[C@H](C(=O)CC1OCCCO1)[C@H](O)c1ccc(C#N)cc1. The summed E-state index contributed by atoms with van der Waals surface area (Å²) in [5.74, 6) is -0.647. The van der Waals surface area contributed by atoms with Gasteiger partial charge in [0.25, 0.3) is 0 Å². The third-order valence-electron chi connectivity index (χ3n) is 3.63. The number of aliphatic hydroxyl groups excluding tert-OH is 1. The van der Waals surface area contributed by atoms with Gasteiger partial charge < -0.3 is 14.6 Å². The highest BCUT2D eigenvalue weighted by molar-refractivity contribution is 5.81. The maximum absolute atomic E-state index is 12.2. The molecule has 0 aromatic heterocycles. The smallest absolute Gasteiger partial charge is 0.164 e. The summed E-state index contributed by atoms with van der Waals surface area (Å²) < 4.78 is 10.7. The molecule has 1 N–H and O–H groups in total. The zero-order chi connectivity index (χ0) is 15.2. The van der Waals surface area contributed by atoms with Gasteiger partial charge in [-0.1, -0.05) is 19.1 Å². The van der Waals surface area contributed by atoms with Crippen molar-refractivity contribution >= 4 is 5.78 Å². The molecule has 0 amide bonds. The number of ketones is 1. The molecule has 1 heterocycles. The highest BCUT2D eigenvalue weighted by atomic mass is 16.7. The molecule has 0 saturated carbocycles. The Bertz CT molecular complexity index is 514. The van der Waals surface area contributed by atoms with E-state index in [1.165, 1.54) is 0 Å². The van der Waals surface area contributed by atoms with Gasteiger partial charge >= 0.3 is 0 Å². The number of carbonyl (C=O) groups excluding carboxylic acids is 1. The van der Waals surface area contributed by atoms with E-state index in [1.54, 1.807) is 31.2 Å². The Kier molecular flexibility index (Phi) is 5.45. The van der Waals surface area contributed by atoms with Crippen molar-refractivity contribution in [2.24, 2.45) is 5.92 Å². The topological polar surface area (TPSA) is 79.6 Å². The Morgan fingerprint density at radius 1 is 1.38 bits per heavy atom. The summed E-state index contributed by atoms with van der Waals surface area (Å²) in [4.78, 5) is 12.2. The average molecular weight is 289 g/mol. The maximum Gasteiger partial charge on any atom is 0.164 e. The van der Waals surface area contributed by atoms with Crippen molar-refractivity contribution in [2.45, 2.75) is 32.2 Å². The van der Waals surface area contributed by atoms with Crippen molar-refractivity contribution in [1.82, 2.24) is 0 Å². The number of nitrogens with zero attached hydrogens (tertiary/aromatic N) is 1. The van der Waals surface area contributed by atoms with E-state index in [4.69, 9.17) is 14.7 Å². The Hall–Kier alpha value is -1.74. The lowest BCUT2D eigenvalue weighted by atomic mass is 9.91. The van der Waals surface area contributed by atoms with Gasteiger partial charge in [0.2, 0.25) is 0 Å². The molecule has 1 aromatic rings. The molecule has 1 aromatic carbocycles. The van der Waals surface area contributed by atoms with Crippen LogP contribution in [0.4, 0.5) is 0 Å². The molecule has 1 fully saturated rings. The van der Waals surface area contributed by atoms with Crippen LogP contribution in [0, 0.1) is 17.2 Å². The maximum atomic E-state index is 12.2. The number of nitriles is 1. The summed E-state index contributed by atoms with van der Waals surface area (Å²) >= 11 is 0. The number of benzene rings is 1. The van der Waals surface area contributed by atoms with E-state index in [-0.39, 0.29) is 12.2 Å². The molecule has 0 aliphatic carbocycles. The number of carbonyl (C=O) groups is 1. The minimum Gasteiger partial charge on any atom is -0.388 e. The van der Waals surface area contributed by atoms with E-state index in [0.29, 0.717) is 24.3 Å². The summed E-state index contributed by atoms with van der Waals surface area (Å²) in [6.07, 6.45) is -0.404. The monoisotopic (exact) mass is 289 g/mol. The lowest BCUT2D eigenvalue weighted by Gasteiger charge is -2.25. The summed E-state index contributed by atoms with van der Waals surface area (Å²) in [6.45, 7) is 2.89. The molecule has 1 saturated heterocycles. The third kappa shape index (κ3) is 4.11. The molecule has 2 rings (SSSR count). The van der Waals surface area contributed by atoms with Crippen LogP contribution < -0.4 is 0 Å². The van der Waals surface area contributed by atoms with E-state index in [9.17, 15) is 9.90 Å². The first-order chi connectivity index (χ1) is 10.1. The van der Waals surface area contributed by atoms with E-state index in [2.05, 4.69) is 0 Å². The lowest BCUT2D eigenvalue weighted by molar-refractivity contribution is -0.185. The van der Waals surface area contributed by atoms with Crippen molar-refractivity contribution in [1.29, 1.82) is 5.26 Å². The number of rotatable bonds is 5. The van der Waals surface area contributed by atoms with Gasteiger partial charge in [-0.15, -0.1) is 0 Å². The standard InChI is InChI=1S/C16H19NO4/c1-11(14(18)9-15-20-7-2-8-21-15)16(19)13-5-3-12(10-17)4-6-13/h3-6,11,15-16,19H,2,7-9H2,1H3/t11-,16+/m1/s1. The second-order valence-electron chi connectivity index (χ2n) is 5.16. The van der Waals surface area contributed by atoms with E-state index in [1.807, 2.05) is 6.07 Å². The highest BCUT2D eigenvalue weighted by Crippen LogP contribution is 2.25. The fraction of sp³-hybridized carbons (Fsp3) is 0.500. The molecule has 21 heavy (non-hydrogen) atoms. The lowest BCUT2D eigenvalue weighted by Crippen LogP contribution is -2.30. The minimum atomic E-state index is -0.895. The van der Waals surface area contributed by atoms with Gasteiger partial charge in [0, 0.05) is 5.92 Å². The molecule has 0 spiro atoms. The number of aliphatic hydroxyl groups is 1. The van der Waals surface area contributed by atoms with Gasteiger partial charge in [-0.2, -0.15) is 5.26 Å². The van der Waals surface area contributed by atoms with Crippen LogP contribution in [0.5, 0.6) is 0 Å². The van der Waals surface area contributed by atoms with Crippen molar-refractivity contribution < 1.29 is 19.4 Å². The molecular weight excluding hydrogens is 270 g/mol. The minimum absolute atomic E-state index is 0.0984. The fourth-order valence-corrected chi connectivity index (χ4v) is 2.22. The van der Waals surface area contributed by atoms with Crippen LogP contribution in [0.25, 0.3) is 0 Å². The van der Waals surface area contributed by atoms with Gasteiger partial charge in [-0.25, -0.2) is 0 Å². The van der Waals surface area contributed by atoms with Gasteiger partial charge in [-0.3, -0.25) is 4.79 Å². The summed E-state index contributed by atoms with van der Waals surface area (Å²) in [5.41, 5.74) is 1.15. The third-order valence-corrected chi connectivity index (χ3v) is 3.63. The predicted octanol–water partition coefficient (Wildman–Crippen LogP) is 1.95. The van der Waals surface area contributed by atoms with Gasteiger partial charge in [-0.05, 0) is 24.1 Å². The number of hydrogen-bond acceptors (Lipinski definition) is 5. The predicted molar refractivity (Wildman–Crippen MR) is 75.2 cm³/mol. The van der Waals surface area contributed by atoms with E-state index < -0.39 is 18.3 Å². The van der Waals surface area contributed by atoms with Gasteiger partial charge in [0.05, 0.1) is 37.4 Å². The fourth-order valence-electron chi connectivity index (χ4n) is 2.22. The Labute approximate surface area is 124 Å². The Morgan fingerprint density at radius 2 is 2.00 bits per heavy atom. The first-order valence-electron chi connectivity index (χ1n) is 7.06. The Balaban J connectivity index is 1.95. The molecule has 0 bridgehead atoms. The van der Waals surface area contributed by atoms with E-state index in [0.717, 1.165) is 6.42 Å². The second kappa shape index (κ2) is 7.32. The van der Waals surface area contributed by atoms with Crippen molar-refractivity contribution in [3.05, 3.63) is 35.4 Å². The normalized spacial score (nSPS) is 18.7. The molecule has 112 valence electrons. The Morgan fingerprint density at radius 3 is 2.57 bits per heavy atom. The number of ether oxygens (including phenoxy) is 2. The summed E-state index contributed by atoms with van der Waals surface area (Å²) in [6, 6.07) is 8.61. The second-order valence-corrected chi connectivity index (χ2v) is 5.16. The van der Waals surface area contributed by atoms with Crippen LogP contribution in [0.15, 0.2) is 24.3 Å². The van der Waals surface area contributed by atoms with Crippen molar-refractivity contribution in [3.8, 4) is 6.07 Å². The summed E-state index contributed by atoms with van der Waals surface area (Å²) in [5, 5.41) is 19.0. The van der Waals surface area contributed by atoms with Crippen LogP contribution in [0.2, 0.25) is 0 Å². The molecular formula is C16H19NO4. The van der Waals surface area contributed by atoms with Crippen LogP contribution in [-0.4, -0.2) is 30.4 Å². The quantitative estimate of drug-likeness (QED) is 0.896. The molecule has 5 nitrogen and oxygen atoms in total. The van der Waals surface area contributed by atoms with Crippen LogP contribution in [-0.2, 0) is 14.3 Å². The highest BCUT2D eigenvalue weighted by Gasteiger charge is 2.27. The molecule has 5 heteroatoms. The molecule has 0 unspecified atom stereocenters. The van der Waals surface area contributed by atoms with Crippen LogP contribution in [0.3, 0.4) is 0 Å². The van der Waals surface area contributed by atoms with Crippen LogP contribution >= 0.6 is 0 Å². The van der Waals surface area contributed by atoms with Crippen LogP contribution in [0.1, 0.15) is 37.0 Å². The zero-order valence-electron chi connectivity index (χ0n) is 12.0. The first-order valence-corrected chi connectivity index (χ1v) is 7.06. The molecule has 1 aliphatic rings. The number of hydrogen-bond donors (Lipinski definition) is 1. The average Bonchev–Trinajstić information content (AvgIpc) is 2.54. The zero-order valence-corrected chi connectivity index (χ0v) is 12.0. The largest absolute Gasteiger partial charge is 0.388 e. The van der Waals surface area contributed by atoms with Crippen molar-refractivity contribution in [2.75, 3.05) is 13.2 Å². The van der Waals surface area contributed by atoms with Gasteiger partial charge in [0.1, 0.15) is 5.78 Å².